The molecule has 1 aromatic heterocycles. The first-order chi connectivity index (χ1) is 11.3. The van der Waals surface area contributed by atoms with E-state index in [1.54, 1.807) is 24.7 Å². The van der Waals surface area contributed by atoms with Gasteiger partial charge in [0.25, 0.3) is 0 Å². The molecule has 9 heteroatoms. The second-order valence-corrected chi connectivity index (χ2v) is 7.81. The number of aromatic nitrogens is 2. The van der Waals surface area contributed by atoms with E-state index in [9.17, 15) is 13.2 Å². The third-order valence-electron chi connectivity index (χ3n) is 4.03. The smallest absolute Gasteiger partial charge is 0.301 e. The van der Waals surface area contributed by atoms with Gasteiger partial charge in [-0.1, -0.05) is 6.07 Å². The van der Waals surface area contributed by atoms with Crippen molar-refractivity contribution in [2.45, 2.75) is 12.3 Å². The van der Waals surface area contributed by atoms with Crippen molar-refractivity contribution in [3.05, 3.63) is 42.0 Å². The summed E-state index contributed by atoms with van der Waals surface area (Å²) >= 11 is 0. The molecule has 8 nitrogen and oxygen atoms in total. The SMILES string of the molecule is CN(C)S(=O)(=O)Nc1ccc2c(c1)NC(=O)CC2c1cncn1C. The molecule has 2 N–H and O–H groups in total. The number of amides is 1. The highest BCUT2D eigenvalue weighted by atomic mass is 32.2. The third kappa shape index (κ3) is 3.00. The molecule has 2 aromatic rings. The lowest BCUT2D eigenvalue weighted by Crippen LogP contribution is -2.29. The molecule has 0 saturated heterocycles. The summed E-state index contributed by atoms with van der Waals surface area (Å²) in [5.41, 5.74) is 2.88. The Bertz CT molecular complexity index is 888. The predicted molar refractivity (Wildman–Crippen MR) is 91.0 cm³/mol. The molecular weight excluding hydrogens is 330 g/mol. The van der Waals surface area contributed by atoms with Crippen LogP contribution in [0.4, 0.5) is 11.4 Å². The topological polar surface area (TPSA) is 96.3 Å². The number of aryl methyl sites for hydroxylation is 1. The van der Waals surface area contributed by atoms with E-state index in [1.165, 1.54) is 14.1 Å². The van der Waals surface area contributed by atoms with Gasteiger partial charge < -0.3 is 9.88 Å². The minimum absolute atomic E-state index is 0.110. The molecule has 128 valence electrons. The minimum Gasteiger partial charge on any atom is -0.337 e. The Labute approximate surface area is 140 Å². The van der Waals surface area contributed by atoms with Crippen LogP contribution in [0.5, 0.6) is 0 Å². The first-order valence-electron chi connectivity index (χ1n) is 7.38. The first kappa shape index (κ1) is 16.5. The van der Waals surface area contributed by atoms with Gasteiger partial charge in [0, 0.05) is 51.1 Å². The number of nitrogens with zero attached hydrogens (tertiary/aromatic N) is 3. The molecule has 0 saturated carbocycles. The van der Waals surface area contributed by atoms with E-state index in [-0.39, 0.29) is 11.8 Å². The fourth-order valence-corrected chi connectivity index (χ4v) is 3.34. The van der Waals surface area contributed by atoms with Crippen LogP contribution in [0, 0.1) is 0 Å². The number of imidazole rings is 1. The molecule has 0 radical (unpaired) electrons. The molecule has 1 aromatic carbocycles. The molecule has 24 heavy (non-hydrogen) atoms. The Morgan fingerprint density at radius 1 is 1.38 bits per heavy atom. The number of hydrogen-bond donors (Lipinski definition) is 2. The van der Waals surface area contributed by atoms with Gasteiger partial charge in [0.05, 0.1) is 12.0 Å². The Kier molecular flexibility index (Phi) is 4.06. The van der Waals surface area contributed by atoms with Gasteiger partial charge in [-0.25, -0.2) is 4.98 Å². The van der Waals surface area contributed by atoms with Crippen molar-refractivity contribution in [1.29, 1.82) is 0 Å². The first-order valence-corrected chi connectivity index (χ1v) is 8.82. The van der Waals surface area contributed by atoms with Crippen LogP contribution in [0.25, 0.3) is 0 Å². The maximum atomic E-state index is 12.1. The molecule has 1 aliphatic rings. The van der Waals surface area contributed by atoms with E-state index in [0.29, 0.717) is 17.8 Å². The predicted octanol–water partition coefficient (Wildman–Crippen LogP) is 1.11. The van der Waals surface area contributed by atoms with E-state index >= 15 is 0 Å². The van der Waals surface area contributed by atoms with Crippen molar-refractivity contribution >= 4 is 27.5 Å². The summed E-state index contributed by atoms with van der Waals surface area (Å²) in [5.74, 6) is -0.220. The summed E-state index contributed by atoms with van der Waals surface area (Å²) in [6.07, 6.45) is 3.77. The summed E-state index contributed by atoms with van der Waals surface area (Å²) in [6.45, 7) is 0. The lowest BCUT2D eigenvalue weighted by Gasteiger charge is -2.26. The standard InChI is InChI=1S/C15H19N5O3S/c1-19(2)24(22,23)18-10-4-5-11-12(14-8-16-9-20(14)3)7-15(21)17-13(11)6-10/h4-6,8-9,12,18H,7H2,1-3H3,(H,17,21). The minimum atomic E-state index is -3.60. The molecule has 1 aliphatic heterocycles. The highest BCUT2D eigenvalue weighted by Crippen LogP contribution is 2.38. The van der Waals surface area contributed by atoms with Crippen molar-refractivity contribution in [2.75, 3.05) is 24.1 Å². The van der Waals surface area contributed by atoms with Gasteiger partial charge in [-0.3, -0.25) is 9.52 Å². The Morgan fingerprint density at radius 3 is 2.75 bits per heavy atom. The number of benzene rings is 1. The van der Waals surface area contributed by atoms with Gasteiger partial charge in [-0.05, 0) is 17.7 Å². The average molecular weight is 349 g/mol. The van der Waals surface area contributed by atoms with Crippen LogP contribution in [0.3, 0.4) is 0 Å². The van der Waals surface area contributed by atoms with Gasteiger partial charge in [0.1, 0.15) is 0 Å². The van der Waals surface area contributed by atoms with E-state index in [1.807, 2.05) is 17.7 Å². The number of hydrogen-bond acceptors (Lipinski definition) is 4. The monoisotopic (exact) mass is 349 g/mol. The largest absolute Gasteiger partial charge is 0.337 e. The number of rotatable bonds is 4. The van der Waals surface area contributed by atoms with Crippen molar-refractivity contribution in [2.24, 2.45) is 7.05 Å². The van der Waals surface area contributed by atoms with Crippen LogP contribution in [0.1, 0.15) is 23.6 Å². The molecule has 1 atom stereocenters. The highest BCUT2D eigenvalue weighted by Gasteiger charge is 2.28. The maximum absolute atomic E-state index is 12.1. The van der Waals surface area contributed by atoms with Crippen LogP contribution in [-0.4, -0.2) is 42.3 Å². The second-order valence-electron chi connectivity index (χ2n) is 5.93. The van der Waals surface area contributed by atoms with Crippen LogP contribution in [-0.2, 0) is 22.1 Å². The van der Waals surface area contributed by atoms with Gasteiger partial charge in [-0.2, -0.15) is 12.7 Å². The average Bonchev–Trinajstić information content (AvgIpc) is 2.91. The maximum Gasteiger partial charge on any atom is 0.301 e. The van der Waals surface area contributed by atoms with Crippen molar-refractivity contribution < 1.29 is 13.2 Å². The number of carbonyl (C=O) groups is 1. The number of anilines is 2. The zero-order valence-corrected chi connectivity index (χ0v) is 14.5. The lowest BCUT2D eigenvalue weighted by atomic mass is 9.88. The van der Waals surface area contributed by atoms with E-state index < -0.39 is 10.2 Å². The zero-order chi connectivity index (χ0) is 17.5. The zero-order valence-electron chi connectivity index (χ0n) is 13.6. The van der Waals surface area contributed by atoms with Crippen LogP contribution >= 0.6 is 0 Å². The number of fused-ring (bicyclic) bond motifs is 1. The molecule has 3 rings (SSSR count). The van der Waals surface area contributed by atoms with Crippen LogP contribution in [0.2, 0.25) is 0 Å². The van der Waals surface area contributed by atoms with Crippen LogP contribution < -0.4 is 10.0 Å². The lowest BCUT2D eigenvalue weighted by molar-refractivity contribution is -0.116. The van der Waals surface area contributed by atoms with Crippen molar-refractivity contribution in [3.8, 4) is 0 Å². The third-order valence-corrected chi connectivity index (χ3v) is 5.49. The quantitative estimate of drug-likeness (QED) is 0.864. The fourth-order valence-electron chi connectivity index (χ4n) is 2.74. The van der Waals surface area contributed by atoms with Gasteiger partial charge in [0.2, 0.25) is 5.91 Å². The molecule has 1 amide bonds. The van der Waals surface area contributed by atoms with Crippen molar-refractivity contribution in [3.63, 3.8) is 0 Å². The summed E-state index contributed by atoms with van der Waals surface area (Å²) in [7, 11) is 1.18. The normalized spacial score (nSPS) is 17.5. The summed E-state index contributed by atoms with van der Waals surface area (Å²) in [4.78, 5) is 16.2. The molecular formula is C15H19N5O3S. The van der Waals surface area contributed by atoms with E-state index in [2.05, 4.69) is 15.0 Å². The summed E-state index contributed by atoms with van der Waals surface area (Å²) in [5, 5.41) is 2.81. The molecule has 0 bridgehead atoms. The molecule has 2 heterocycles. The van der Waals surface area contributed by atoms with Gasteiger partial charge >= 0.3 is 10.2 Å². The Balaban J connectivity index is 1.99. The molecule has 0 spiro atoms. The Morgan fingerprint density at radius 2 is 2.12 bits per heavy atom. The van der Waals surface area contributed by atoms with Gasteiger partial charge in [0.15, 0.2) is 0 Å². The van der Waals surface area contributed by atoms with E-state index in [0.717, 1.165) is 15.6 Å². The second kappa shape index (κ2) is 5.91. The fraction of sp³-hybridized carbons (Fsp3) is 0.333. The number of carbonyl (C=O) groups excluding carboxylic acids is 1. The van der Waals surface area contributed by atoms with Crippen molar-refractivity contribution in [1.82, 2.24) is 13.9 Å². The van der Waals surface area contributed by atoms with Crippen LogP contribution in [0.15, 0.2) is 30.7 Å². The molecule has 0 aliphatic carbocycles. The van der Waals surface area contributed by atoms with E-state index in [4.69, 9.17) is 0 Å². The molecule has 1 unspecified atom stereocenters. The highest BCUT2D eigenvalue weighted by molar-refractivity contribution is 7.90. The Hall–Kier alpha value is -2.39. The summed E-state index contributed by atoms with van der Waals surface area (Å²) in [6, 6.07) is 5.16. The number of nitrogens with one attached hydrogen (secondary N) is 2. The molecule has 0 fully saturated rings. The summed E-state index contributed by atoms with van der Waals surface area (Å²) < 4.78 is 29.3. The van der Waals surface area contributed by atoms with Gasteiger partial charge in [-0.15, -0.1) is 0 Å².